The maximum Gasteiger partial charge on any atom is 0.257 e. The van der Waals surface area contributed by atoms with E-state index in [1.54, 1.807) is 36.4 Å². The van der Waals surface area contributed by atoms with Crippen molar-refractivity contribution in [2.75, 3.05) is 36.8 Å². The van der Waals surface area contributed by atoms with Gasteiger partial charge in [-0.1, -0.05) is 55.0 Å². The number of allylic oxidation sites excluding steroid dienone is 5. The second-order valence-corrected chi connectivity index (χ2v) is 19.4. The predicted molar refractivity (Wildman–Crippen MR) is 207 cm³/mol. The molecule has 56 heavy (non-hydrogen) atoms. The fourth-order valence-corrected chi connectivity index (χ4v) is 10.8. The molecular weight excluding hydrogens is 761 g/mol. The van der Waals surface area contributed by atoms with E-state index < -0.39 is 54.1 Å². The molecule has 0 radical (unpaired) electrons. The topological polar surface area (TPSA) is 137 Å². The van der Waals surface area contributed by atoms with Gasteiger partial charge in [0.2, 0.25) is 11.8 Å². The van der Waals surface area contributed by atoms with Gasteiger partial charge in [-0.3, -0.25) is 4.79 Å². The third-order valence-electron chi connectivity index (χ3n) is 10.9. The van der Waals surface area contributed by atoms with Crippen LogP contribution in [0.15, 0.2) is 77.5 Å². The van der Waals surface area contributed by atoms with Gasteiger partial charge in [0, 0.05) is 54.7 Å². The van der Waals surface area contributed by atoms with E-state index in [1.807, 2.05) is 12.1 Å². The van der Waals surface area contributed by atoms with Crippen molar-refractivity contribution in [1.82, 2.24) is 15.3 Å². The first-order valence-corrected chi connectivity index (χ1v) is 21.6. The molecule has 2 saturated heterocycles. The Morgan fingerprint density at radius 1 is 0.964 bits per heavy atom. The largest absolute Gasteiger partial charge is 0.545 e. The van der Waals surface area contributed by atoms with Gasteiger partial charge >= 0.3 is 0 Å². The zero-order valence-electron chi connectivity index (χ0n) is 30.5. The molecule has 8 rings (SSSR count). The van der Waals surface area contributed by atoms with Crippen LogP contribution in [-0.2, 0) is 13.2 Å². The first-order valence-electron chi connectivity index (χ1n) is 18.2. The number of halogens is 4. The second kappa shape index (κ2) is 14.4. The molecule has 286 valence electrons. The van der Waals surface area contributed by atoms with Gasteiger partial charge in [0.25, 0.3) is 5.91 Å². The normalized spacial score (nSPS) is 16.8. The average molecular weight is 797 g/mol. The number of carbonyl (C=O) groups excluding carboxylic acids is 2. The van der Waals surface area contributed by atoms with Crippen molar-refractivity contribution in [3.63, 3.8) is 0 Å². The SMILES string of the molecule is C[Si]1(C)C2=CC(=[N+]3CCC3)C=CC2=C(c2c(F)c(C(=O)NCc3ccc(COc4cc(Cl)nc(N)n4)cc3)c(F)c(F)c2C(=O)[O-])c2ccc(N3CCC3)cc21. The van der Waals surface area contributed by atoms with Crippen LogP contribution >= 0.6 is 11.6 Å². The molecule has 1 aromatic heterocycles. The summed E-state index contributed by atoms with van der Waals surface area (Å²) in [6, 6.07) is 13.9. The molecule has 3 N–H and O–H groups in total. The van der Waals surface area contributed by atoms with Crippen LogP contribution in [0.25, 0.3) is 5.57 Å². The number of nitrogen functional groups attached to an aromatic ring is 1. The Morgan fingerprint density at radius 3 is 2.32 bits per heavy atom. The monoisotopic (exact) mass is 796 g/mol. The number of anilines is 2. The van der Waals surface area contributed by atoms with E-state index in [9.17, 15) is 14.7 Å². The van der Waals surface area contributed by atoms with Crippen LogP contribution in [0.2, 0.25) is 18.2 Å². The van der Waals surface area contributed by atoms with Crippen molar-refractivity contribution >= 4 is 59.7 Å². The van der Waals surface area contributed by atoms with Gasteiger partial charge in [0.15, 0.2) is 17.3 Å². The molecule has 1 amide bonds. The van der Waals surface area contributed by atoms with Gasteiger partial charge in [-0.15, -0.1) is 0 Å². The lowest BCUT2D eigenvalue weighted by Gasteiger charge is -2.40. The maximum atomic E-state index is 17.1. The van der Waals surface area contributed by atoms with E-state index in [1.165, 1.54) is 6.07 Å². The highest BCUT2D eigenvalue weighted by Gasteiger charge is 2.43. The van der Waals surface area contributed by atoms with Gasteiger partial charge in [-0.2, -0.15) is 4.98 Å². The lowest BCUT2D eigenvalue weighted by molar-refractivity contribution is -0.582. The third kappa shape index (κ3) is 6.55. The lowest BCUT2D eigenvalue weighted by atomic mass is 9.85. The average Bonchev–Trinajstić information content (AvgIpc) is 3.11. The highest BCUT2D eigenvalue weighted by Crippen LogP contribution is 2.45. The number of aromatic nitrogens is 2. The van der Waals surface area contributed by atoms with Gasteiger partial charge in [-0.05, 0) is 62.8 Å². The molecule has 10 nitrogen and oxygen atoms in total. The molecule has 3 aliphatic heterocycles. The van der Waals surface area contributed by atoms with Crippen LogP contribution in [0.5, 0.6) is 5.88 Å². The molecule has 15 heteroatoms. The maximum absolute atomic E-state index is 17.1. The Balaban J connectivity index is 1.17. The van der Waals surface area contributed by atoms with Gasteiger partial charge in [0.05, 0.1) is 12.4 Å². The van der Waals surface area contributed by atoms with E-state index >= 15 is 13.2 Å². The summed E-state index contributed by atoms with van der Waals surface area (Å²) in [5.74, 6) is -8.53. The molecule has 0 spiro atoms. The van der Waals surface area contributed by atoms with Crippen LogP contribution in [0.3, 0.4) is 0 Å². The number of nitrogens with zero attached hydrogens (tertiary/aromatic N) is 4. The summed E-state index contributed by atoms with van der Waals surface area (Å²) in [5, 5.41) is 17.0. The first-order chi connectivity index (χ1) is 26.8. The van der Waals surface area contributed by atoms with Crippen molar-refractivity contribution in [1.29, 1.82) is 0 Å². The number of carboxylic acid groups (broad SMARTS) is 1. The highest BCUT2D eigenvalue weighted by atomic mass is 35.5. The van der Waals surface area contributed by atoms with Crippen LogP contribution < -0.4 is 31.0 Å². The van der Waals surface area contributed by atoms with Gasteiger partial charge in [-0.25, -0.2) is 22.7 Å². The fourth-order valence-electron chi connectivity index (χ4n) is 7.59. The summed E-state index contributed by atoms with van der Waals surface area (Å²) in [6.07, 6.45) is 7.84. The van der Waals surface area contributed by atoms with E-state index in [2.05, 4.69) is 50.0 Å². The summed E-state index contributed by atoms with van der Waals surface area (Å²) in [6.45, 7) is 7.79. The minimum absolute atomic E-state index is 0.0438. The molecule has 0 bridgehead atoms. The van der Waals surface area contributed by atoms with Crippen molar-refractivity contribution in [2.45, 2.75) is 39.1 Å². The molecule has 2 fully saturated rings. The van der Waals surface area contributed by atoms with E-state index in [0.717, 1.165) is 66.4 Å². The van der Waals surface area contributed by atoms with Gasteiger partial charge in [0.1, 0.15) is 44.3 Å². The Kier molecular flexibility index (Phi) is 9.57. The predicted octanol–water partition coefficient (Wildman–Crippen LogP) is 4.84. The second-order valence-electron chi connectivity index (χ2n) is 14.7. The minimum atomic E-state index is -2.57. The van der Waals surface area contributed by atoms with Crippen LogP contribution in [-0.4, -0.2) is 66.4 Å². The zero-order valence-corrected chi connectivity index (χ0v) is 32.3. The third-order valence-corrected chi connectivity index (χ3v) is 14.6. The van der Waals surface area contributed by atoms with Crippen LogP contribution in [0.4, 0.5) is 24.8 Å². The van der Waals surface area contributed by atoms with E-state index in [-0.39, 0.29) is 35.7 Å². The smallest absolute Gasteiger partial charge is 0.257 e. The summed E-state index contributed by atoms with van der Waals surface area (Å²) in [5.41, 5.74) is 6.67. The van der Waals surface area contributed by atoms with Crippen molar-refractivity contribution < 1.29 is 37.2 Å². The molecule has 1 aliphatic carbocycles. The molecule has 3 aromatic carbocycles. The number of fused-ring (bicyclic) bond motifs is 2. The number of nitrogens with one attached hydrogen (secondary N) is 1. The summed E-state index contributed by atoms with van der Waals surface area (Å²) in [7, 11) is -2.57. The standard InChI is InChI=1S/C41H36ClF3N6O4Si/c1-56(2)28-17-24(50-13-3-14-50)9-11-26(28)32(27-12-10-25(18-29(27)56)51-15-4-16-51)33-34(40(53)54)37(44)38(45)35(36(33)43)39(52)47-20-22-5-7-23(8-6-22)21-55-31-19-30(42)48-41(46)49-31/h5-12,17-19H,3-4,13-16,20-21H2,1-2H3,(H3-,46,47,48,49,52,53,54). The Bertz CT molecular complexity index is 2450. The Hall–Kier alpha value is -5.73. The number of hydrogen-bond acceptors (Lipinski definition) is 8. The highest BCUT2D eigenvalue weighted by molar-refractivity contribution is 6.98. The Labute approximate surface area is 326 Å². The van der Waals surface area contributed by atoms with Crippen molar-refractivity contribution in [3.8, 4) is 5.88 Å². The molecule has 0 atom stereocenters. The fraction of sp³-hybridized carbons (Fsp3) is 0.244. The molecule has 4 aliphatic rings. The number of amides is 1. The number of carboxylic acids is 1. The number of benzene rings is 3. The first kappa shape index (κ1) is 37.2. The summed E-state index contributed by atoms with van der Waals surface area (Å²) < 4.78 is 56.8. The number of nitrogens with two attached hydrogens (primary N) is 1. The zero-order chi connectivity index (χ0) is 39.5. The van der Waals surface area contributed by atoms with Crippen LogP contribution in [0, 0.1) is 17.5 Å². The van der Waals surface area contributed by atoms with E-state index in [0.29, 0.717) is 16.7 Å². The molecule has 0 saturated carbocycles. The summed E-state index contributed by atoms with van der Waals surface area (Å²) >= 11 is 5.90. The molecular formula is C41H36ClF3N6O4Si. The van der Waals surface area contributed by atoms with Crippen LogP contribution in [0.1, 0.15) is 55.8 Å². The number of rotatable bonds is 9. The van der Waals surface area contributed by atoms with Crippen molar-refractivity contribution in [2.24, 2.45) is 0 Å². The van der Waals surface area contributed by atoms with Crippen molar-refractivity contribution in [3.05, 3.63) is 134 Å². The van der Waals surface area contributed by atoms with E-state index in [4.69, 9.17) is 22.1 Å². The lowest BCUT2D eigenvalue weighted by Crippen LogP contribution is -2.50. The quantitative estimate of drug-likeness (QED) is 0.106. The Morgan fingerprint density at radius 2 is 1.68 bits per heavy atom. The van der Waals surface area contributed by atoms with Gasteiger partial charge < -0.3 is 30.6 Å². The summed E-state index contributed by atoms with van der Waals surface area (Å²) in [4.78, 5) is 36.3. The minimum Gasteiger partial charge on any atom is -0.545 e. The molecule has 0 unspecified atom stereocenters. The number of hydrogen-bond donors (Lipinski definition) is 2. The number of aromatic carboxylic acids is 1. The molecule has 4 aromatic rings. The molecule has 4 heterocycles. The number of ether oxygens (including phenoxy) is 1. The number of carbonyl (C=O) groups is 2.